The Labute approximate surface area is 112 Å². The summed E-state index contributed by atoms with van der Waals surface area (Å²) >= 11 is 0. The van der Waals surface area contributed by atoms with Crippen LogP contribution in [0.25, 0.3) is 10.8 Å². The van der Waals surface area contributed by atoms with E-state index in [9.17, 15) is 9.90 Å². The molecule has 2 aromatic carbocycles. The lowest BCUT2D eigenvalue weighted by Gasteiger charge is -2.28. The van der Waals surface area contributed by atoms with Crippen molar-refractivity contribution in [2.75, 3.05) is 13.1 Å². The molecule has 2 aromatic rings. The lowest BCUT2D eigenvalue weighted by molar-refractivity contribution is -0.142. The predicted molar refractivity (Wildman–Crippen MR) is 75.3 cm³/mol. The fourth-order valence-corrected chi connectivity index (χ4v) is 3.03. The van der Waals surface area contributed by atoms with Crippen LogP contribution in [0.4, 0.5) is 0 Å². The van der Waals surface area contributed by atoms with Gasteiger partial charge in [0.1, 0.15) is 0 Å². The molecule has 2 atom stereocenters. The van der Waals surface area contributed by atoms with Gasteiger partial charge in [-0.25, -0.2) is 0 Å². The first-order valence-electron chi connectivity index (χ1n) is 6.54. The molecule has 0 aliphatic carbocycles. The van der Waals surface area contributed by atoms with Gasteiger partial charge in [0.2, 0.25) is 0 Å². The Kier molecular flexibility index (Phi) is 2.79. The zero-order chi connectivity index (χ0) is 13.5. The minimum Gasteiger partial charge on any atom is -0.481 e. The van der Waals surface area contributed by atoms with Crippen LogP contribution in [0.5, 0.6) is 0 Å². The highest BCUT2D eigenvalue weighted by Crippen LogP contribution is 2.36. The standard InChI is InChI=1S/C16H17NO2/c1-16(10-17-9-14(16)15(18)19)13-7-6-11-4-2-3-5-12(11)8-13/h2-8,14,17H,9-10H2,1H3,(H,18,19). The molecule has 2 N–H and O–H groups in total. The van der Waals surface area contributed by atoms with Gasteiger partial charge in [0, 0.05) is 18.5 Å². The summed E-state index contributed by atoms with van der Waals surface area (Å²) in [6.07, 6.45) is 0. The Balaban J connectivity index is 2.10. The van der Waals surface area contributed by atoms with Gasteiger partial charge in [-0.05, 0) is 16.3 Å². The van der Waals surface area contributed by atoms with E-state index < -0.39 is 5.97 Å². The highest BCUT2D eigenvalue weighted by Gasteiger charge is 2.44. The molecule has 2 unspecified atom stereocenters. The Morgan fingerprint density at radius 1 is 1.26 bits per heavy atom. The largest absolute Gasteiger partial charge is 0.481 e. The van der Waals surface area contributed by atoms with E-state index in [4.69, 9.17) is 0 Å². The number of carbonyl (C=O) groups is 1. The lowest BCUT2D eigenvalue weighted by atomic mass is 9.74. The van der Waals surface area contributed by atoms with Crippen molar-refractivity contribution >= 4 is 16.7 Å². The van der Waals surface area contributed by atoms with E-state index in [0.29, 0.717) is 13.1 Å². The molecule has 1 heterocycles. The van der Waals surface area contributed by atoms with Crippen molar-refractivity contribution in [2.45, 2.75) is 12.3 Å². The van der Waals surface area contributed by atoms with E-state index >= 15 is 0 Å². The number of rotatable bonds is 2. The van der Waals surface area contributed by atoms with Crippen molar-refractivity contribution in [1.82, 2.24) is 5.32 Å². The van der Waals surface area contributed by atoms with Crippen molar-refractivity contribution in [1.29, 1.82) is 0 Å². The molecule has 19 heavy (non-hydrogen) atoms. The number of fused-ring (bicyclic) bond motifs is 1. The van der Waals surface area contributed by atoms with Crippen LogP contribution in [-0.4, -0.2) is 24.2 Å². The van der Waals surface area contributed by atoms with E-state index in [-0.39, 0.29) is 11.3 Å². The number of hydrogen-bond donors (Lipinski definition) is 2. The average molecular weight is 255 g/mol. The molecule has 1 saturated heterocycles. The normalized spacial score (nSPS) is 26.7. The second kappa shape index (κ2) is 4.35. The zero-order valence-electron chi connectivity index (χ0n) is 10.9. The molecule has 0 amide bonds. The minimum absolute atomic E-state index is 0.337. The van der Waals surface area contributed by atoms with Crippen molar-refractivity contribution in [3.05, 3.63) is 48.0 Å². The maximum atomic E-state index is 11.4. The molecule has 0 aromatic heterocycles. The molecule has 3 rings (SSSR count). The molecule has 3 nitrogen and oxygen atoms in total. The Bertz CT molecular complexity index is 637. The third-order valence-electron chi connectivity index (χ3n) is 4.32. The summed E-state index contributed by atoms with van der Waals surface area (Å²) in [5.74, 6) is -1.09. The van der Waals surface area contributed by atoms with Crippen LogP contribution >= 0.6 is 0 Å². The molecule has 0 radical (unpaired) electrons. The average Bonchev–Trinajstić information content (AvgIpc) is 2.82. The van der Waals surface area contributed by atoms with Gasteiger partial charge in [0.25, 0.3) is 0 Å². The summed E-state index contributed by atoms with van der Waals surface area (Å²) in [7, 11) is 0. The smallest absolute Gasteiger partial charge is 0.308 e. The van der Waals surface area contributed by atoms with Crippen LogP contribution in [0, 0.1) is 5.92 Å². The molecule has 3 heteroatoms. The van der Waals surface area contributed by atoms with Crippen LogP contribution in [0.15, 0.2) is 42.5 Å². The van der Waals surface area contributed by atoms with Crippen LogP contribution in [0.3, 0.4) is 0 Å². The number of nitrogens with one attached hydrogen (secondary N) is 1. The molecule has 1 aliphatic rings. The SMILES string of the molecule is CC1(c2ccc3ccccc3c2)CNCC1C(=O)O. The monoisotopic (exact) mass is 255 g/mol. The van der Waals surface area contributed by atoms with Crippen LogP contribution in [0.2, 0.25) is 0 Å². The van der Waals surface area contributed by atoms with Crippen molar-refractivity contribution in [3.63, 3.8) is 0 Å². The zero-order valence-corrected chi connectivity index (χ0v) is 10.9. The molecule has 1 fully saturated rings. The molecule has 0 spiro atoms. The van der Waals surface area contributed by atoms with Crippen molar-refractivity contribution in [2.24, 2.45) is 5.92 Å². The summed E-state index contributed by atoms with van der Waals surface area (Å²) in [5.41, 5.74) is 0.763. The predicted octanol–water partition coefficient (Wildman–Crippen LogP) is 2.40. The number of hydrogen-bond acceptors (Lipinski definition) is 2. The Hall–Kier alpha value is -1.87. The molecular weight excluding hydrogens is 238 g/mol. The lowest BCUT2D eigenvalue weighted by Crippen LogP contribution is -2.36. The number of carboxylic acid groups (broad SMARTS) is 1. The van der Waals surface area contributed by atoms with E-state index in [0.717, 1.165) is 10.9 Å². The van der Waals surface area contributed by atoms with Crippen molar-refractivity contribution < 1.29 is 9.90 Å². The molecule has 0 bridgehead atoms. The highest BCUT2D eigenvalue weighted by molar-refractivity contribution is 5.84. The molecule has 98 valence electrons. The van der Waals surface area contributed by atoms with Gasteiger partial charge in [-0.3, -0.25) is 4.79 Å². The van der Waals surface area contributed by atoms with Crippen molar-refractivity contribution in [3.8, 4) is 0 Å². The van der Waals surface area contributed by atoms with Gasteiger partial charge in [-0.1, -0.05) is 49.4 Å². The highest BCUT2D eigenvalue weighted by atomic mass is 16.4. The van der Waals surface area contributed by atoms with Crippen LogP contribution < -0.4 is 5.32 Å². The first-order chi connectivity index (χ1) is 9.11. The number of carboxylic acids is 1. The third-order valence-corrected chi connectivity index (χ3v) is 4.32. The summed E-state index contributed by atoms with van der Waals surface area (Å²) in [5, 5.41) is 14.9. The number of aliphatic carboxylic acids is 1. The molecular formula is C16H17NO2. The van der Waals surface area contributed by atoms with E-state index in [1.165, 1.54) is 5.39 Å². The van der Waals surface area contributed by atoms with E-state index in [2.05, 4.69) is 35.6 Å². The van der Waals surface area contributed by atoms with Gasteiger partial charge in [0.15, 0.2) is 0 Å². The van der Waals surface area contributed by atoms with E-state index in [1.807, 2.05) is 19.1 Å². The fourth-order valence-electron chi connectivity index (χ4n) is 3.03. The first-order valence-corrected chi connectivity index (χ1v) is 6.54. The second-order valence-corrected chi connectivity index (χ2v) is 5.50. The third kappa shape index (κ3) is 1.90. The number of benzene rings is 2. The van der Waals surface area contributed by atoms with Gasteiger partial charge < -0.3 is 10.4 Å². The van der Waals surface area contributed by atoms with Crippen LogP contribution in [0.1, 0.15) is 12.5 Å². The summed E-state index contributed by atoms with van der Waals surface area (Å²) in [6.45, 7) is 3.29. The minimum atomic E-state index is -0.722. The van der Waals surface area contributed by atoms with Gasteiger partial charge >= 0.3 is 5.97 Å². The summed E-state index contributed by atoms with van der Waals surface area (Å²) in [6, 6.07) is 14.4. The van der Waals surface area contributed by atoms with Gasteiger partial charge in [0.05, 0.1) is 5.92 Å². The van der Waals surface area contributed by atoms with Gasteiger partial charge in [-0.15, -0.1) is 0 Å². The maximum Gasteiger partial charge on any atom is 0.308 e. The van der Waals surface area contributed by atoms with E-state index in [1.54, 1.807) is 0 Å². The Morgan fingerprint density at radius 2 is 2.00 bits per heavy atom. The Morgan fingerprint density at radius 3 is 2.74 bits per heavy atom. The summed E-state index contributed by atoms with van der Waals surface area (Å²) in [4.78, 5) is 11.4. The quantitative estimate of drug-likeness (QED) is 0.866. The fraction of sp³-hybridized carbons (Fsp3) is 0.312. The second-order valence-electron chi connectivity index (χ2n) is 5.50. The molecule has 1 aliphatic heterocycles. The topological polar surface area (TPSA) is 49.3 Å². The van der Waals surface area contributed by atoms with Gasteiger partial charge in [-0.2, -0.15) is 0 Å². The molecule has 0 saturated carbocycles. The maximum absolute atomic E-state index is 11.4. The first kappa shape index (κ1) is 12.2. The summed E-state index contributed by atoms with van der Waals surface area (Å²) < 4.78 is 0. The van der Waals surface area contributed by atoms with Crippen LogP contribution in [-0.2, 0) is 10.2 Å².